The van der Waals surface area contributed by atoms with Gasteiger partial charge < -0.3 is 10.6 Å². The molecule has 1 unspecified atom stereocenters. The molecule has 0 aromatic carbocycles. The number of nitrogens with zero attached hydrogens (tertiary/aromatic N) is 1. The van der Waals surface area contributed by atoms with Crippen LogP contribution in [0, 0.1) is 5.92 Å². The van der Waals surface area contributed by atoms with E-state index in [4.69, 9.17) is 5.73 Å². The first kappa shape index (κ1) is 10.9. The molecular formula is C9H22N2. The molecule has 0 aromatic rings. The van der Waals surface area contributed by atoms with Gasteiger partial charge in [0.15, 0.2) is 0 Å². The van der Waals surface area contributed by atoms with Gasteiger partial charge in [-0.25, -0.2) is 0 Å². The van der Waals surface area contributed by atoms with E-state index in [0.29, 0.717) is 12.0 Å². The van der Waals surface area contributed by atoms with Crippen molar-refractivity contribution < 1.29 is 0 Å². The van der Waals surface area contributed by atoms with E-state index in [-0.39, 0.29) is 5.54 Å². The molecule has 0 spiro atoms. The lowest BCUT2D eigenvalue weighted by atomic mass is 9.86. The van der Waals surface area contributed by atoms with Gasteiger partial charge in [0.1, 0.15) is 0 Å². The van der Waals surface area contributed by atoms with Crippen LogP contribution >= 0.6 is 0 Å². The summed E-state index contributed by atoms with van der Waals surface area (Å²) in [6.45, 7) is 8.58. The van der Waals surface area contributed by atoms with E-state index in [1.165, 1.54) is 0 Å². The summed E-state index contributed by atoms with van der Waals surface area (Å²) in [5.74, 6) is 0.602. The first-order chi connectivity index (χ1) is 4.76. The predicted molar refractivity (Wildman–Crippen MR) is 50.6 cm³/mol. The fourth-order valence-corrected chi connectivity index (χ4v) is 2.12. The Labute approximate surface area is 70.8 Å². The highest BCUT2D eigenvalue weighted by Crippen LogP contribution is 2.18. The number of hydrogen-bond acceptors (Lipinski definition) is 2. The molecule has 0 fully saturated rings. The van der Waals surface area contributed by atoms with Crippen molar-refractivity contribution in [1.29, 1.82) is 0 Å². The zero-order valence-corrected chi connectivity index (χ0v) is 8.68. The van der Waals surface area contributed by atoms with E-state index >= 15 is 0 Å². The Morgan fingerprint density at radius 2 is 1.55 bits per heavy atom. The van der Waals surface area contributed by atoms with Crippen molar-refractivity contribution in [3.63, 3.8) is 0 Å². The summed E-state index contributed by atoms with van der Waals surface area (Å²) in [7, 11) is 4.17. The smallest absolute Gasteiger partial charge is 0.0287 e. The normalized spacial score (nSPS) is 16.1. The average Bonchev–Trinajstić information content (AvgIpc) is 1.54. The Hall–Kier alpha value is -0.0800. The second-order valence-corrected chi connectivity index (χ2v) is 4.47. The highest BCUT2D eigenvalue weighted by atomic mass is 15.1. The molecule has 0 aliphatic heterocycles. The molecule has 11 heavy (non-hydrogen) atoms. The van der Waals surface area contributed by atoms with Crippen molar-refractivity contribution in [2.75, 3.05) is 14.1 Å². The van der Waals surface area contributed by atoms with Crippen molar-refractivity contribution >= 4 is 0 Å². The molecule has 0 radical (unpaired) electrons. The van der Waals surface area contributed by atoms with Gasteiger partial charge in [-0.15, -0.1) is 0 Å². The van der Waals surface area contributed by atoms with Crippen molar-refractivity contribution in [3.8, 4) is 0 Å². The first-order valence-corrected chi connectivity index (χ1v) is 4.22. The molecule has 0 aliphatic rings. The topological polar surface area (TPSA) is 29.3 Å². The fraction of sp³-hybridized carbons (Fsp3) is 1.00. The van der Waals surface area contributed by atoms with Gasteiger partial charge in [0, 0.05) is 11.6 Å². The Morgan fingerprint density at radius 3 is 1.55 bits per heavy atom. The SMILES string of the molecule is CC(C)C(N(C)C)C(C)(C)N. The summed E-state index contributed by atoms with van der Waals surface area (Å²) in [5, 5.41) is 0. The van der Waals surface area contributed by atoms with E-state index in [1.54, 1.807) is 0 Å². The summed E-state index contributed by atoms with van der Waals surface area (Å²) in [6, 6.07) is 0.447. The Kier molecular flexibility index (Phi) is 3.52. The van der Waals surface area contributed by atoms with Crippen LogP contribution in [-0.2, 0) is 0 Å². The van der Waals surface area contributed by atoms with Gasteiger partial charge in [-0.1, -0.05) is 13.8 Å². The minimum absolute atomic E-state index is 0.113. The highest BCUT2D eigenvalue weighted by molar-refractivity contribution is 4.89. The molecule has 2 N–H and O–H groups in total. The van der Waals surface area contributed by atoms with E-state index in [0.717, 1.165) is 0 Å². The molecule has 2 heteroatoms. The molecule has 68 valence electrons. The Balaban J connectivity index is 4.35. The summed E-state index contributed by atoms with van der Waals surface area (Å²) in [5.41, 5.74) is 5.93. The molecule has 1 atom stereocenters. The molecule has 0 amide bonds. The van der Waals surface area contributed by atoms with Crippen LogP contribution in [0.1, 0.15) is 27.7 Å². The summed E-state index contributed by atoms with van der Waals surface area (Å²) in [4.78, 5) is 2.20. The maximum Gasteiger partial charge on any atom is 0.0287 e. The molecule has 0 aromatic heterocycles. The number of likely N-dealkylation sites (N-methyl/N-ethyl adjacent to an activating group) is 1. The van der Waals surface area contributed by atoms with Crippen molar-refractivity contribution in [3.05, 3.63) is 0 Å². The molecule has 0 rings (SSSR count). The maximum absolute atomic E-state index is 6.04. The van der Waals surface area contributed by atoms with Crippen molar-refractivity contribution in [2.24, 2.45) is 11.7 Å². The lowest BCUT2D eigenvalue weighted by Gasteiger charge is -2.38. The van der Waals surface area contributed by atoms with Crippen LogP contribution in [0.25, 0.3) is 0 Å². The summed E-state index contributed by atoms with van der Waals surface area (Å²) < 4.78 is 0. The van der Waals surface area contributed by atoms with Gasteiger partial charge in [-0.2, -0.15) is 0 Å². The second kappa shape index (κ2) is 3.55. The van der Waals surface area contributed by atoms with Crippen LogP contribution in [0.3, 0.4) is 0 Å². The molecule has 0 aliphatic carbocycles. The molecule has 0 saturated heterocycles. The van der Waals surface area contributed by atoms with Crippen LogP contribution in [0.4, 0.5) is 0 Å². The largest absolute Gasteiger partial charge is 0.324 e. The number of nitrogens with two attached hydrogens (primary N) is 1. The van der Waals surface area contributed by atoms with Crippen LogP contribution in [0.2, 0.25) is 0 Å². The second-order valence-electron chi connectivity index (χ2n) is 4.47. The van der Waals surface area contributed by atoms with Crippen LogP contribution in [0.5, 0.6) is 0 Å². The molecule has 0 heterocycles. The van der Waals surface area contributed by atoms with E-state index in [9.17, 15) is 0 Å². The van der Waals surface area contributed by atoms with Gasteiger partial charge >= 0.3 is 0 Å². The van der Waals surface area contributed by atoms with Gasteiger partial charge in [-0.05, 0) is 33.9 Å². The zero-order valence-electron chi connectivity index (χ0n) is 8.68. The molecule has 0 bridgehead atoms. The fourth-order valence-electron chi connectivity index (χ4n) is 2.12. The minimum Gasteiger partial charge on any atom is -0.324 e. The van der Waals surface area contributed by atoms with Gasteiger partial charge in [0.25, 0.3) is 0 Å². The minimum atomic E-state index is -0.113. The van der Waals surface area contributed by atoms with Crippen LogP contribution < -0.4 is 5.73 Å². The predicted octanol–water partition coefficient (Wildman–Crippen LogP) is 1.31. The van der Waals surface area contributed by atoms with Crippen LogP contribution in [-0.4, -0.2) is 30.6 Å². The highest BCUT2D eigenvalue weighted by Gasteiger charge is 2.29. The standard InChI is InChI=1S/C9H22N2/c1-7(2)8(11(5)6)9(3,4)10/h7-8H,10H2,1-6H3. The first-order valence-electron chi connectivity index (χ1n) is 4.22. The number of rotatable bonds is 3. The average molecular weight is 158 g/mol. The zero-order chi connectivity index (χ0) is 9.23. The summed E-state index contributed by atoms with van der Waals surface area (Å²) >= 11 is 0. The van der Waals surface area contributed by atoms with Crippen molar-refractivity contribution in [2.45, 2.75) is 39.3 Å². The van der Waals surface area contributed by atoms with Crippen LogP contribution in [0.15, 0.2) is 0 Å². The van der Waals surface area contributed by atoms with Gasteiger partial charge in [0.2, 0.25) is 0 Å². The van der Waals surface area contributed by atoms with Crippen molar-refractivity contribution in [1.82, 2.24) is 4.90 Å². The lowest BCUT2D eigenvalue weighted by Crippen LogP contribution is -2.55. The third-order valence-electron chi connectivity index (χ3n) is 1.95. The summed E-state index contributed by atoms with van der Waals surface area (Å²) in [6.07, 6.45) is 0. The van der Waals surface area contributed by atoms with Gasteiger partial charge in [0.05, 0.1) is 0 Å². The lowest BCUT2D eigenvalue weighted by molar-refractivity contribution is 0.152. The molecule has 2 nitrogen and oxygen atoms in total. The van der Waals surface area contributed by atoms with E-state index < -0.39 is 0 Å². The molecule has 0 saturated carbocycles. The number of hydrogen-bond donors (Lipinski definition) is 1. The van der Waals surface area contributed by atoms with E-state index in [2.05, 4.69) is 46.7 Å². The maximum atomic E-state index is 6.04. The quantitative estimate of drug-likeness (QED) is 0.671. The van der Waals surface area contributed by atoms with E-state index in [1.807, 2.05) is 0 Å². The Morgan fingerprint density at radius 1 is 1.18 bits per heavy atom. The molecular weight excluding hydrogens is 136 g/mol. The Bertz CT molecular complexity index is 103. The monoisotopic (exact) mass is 158 g/mol. The third-order valence-corrected chi connectivity index (χ3v) is 1.95. The van der Waals surface area contributed by atoms with Gasteiger partial charge in [-0.3, -0.25) is 0 Å². The third kappa shape index (κ3) is 3.21.